The Hall–Kier alpha value is -0.890. The number of allylic oxidation sites excluding steroid dienone is 3. The molecule has 0 saturated heterocycles. The second kappa shape index (κ2) is 6.44. The van der Waals surface area contributed by atoms with Crippen LogP contribution >= 0.6 is 0 Å². The number of rotatable bonds is 4. The number of hydrogen-bond acceptors (Lipinski definition) is 2. The van der Waals surface area contributed by atoms with Crippen molar-refractivity contribution in [3.63, 3.8) is 0 Å². The van der Waals surface area contributed by atoms with Gasteiger partial charge in [-0.1, -0.05) is 18.6 Å². The fourth-order valence-corrected chi connectivity index (χ4v) is 5.60. The highest BCUT2D eigenvalue weighted by Crippen LogP contribution is 2.60. The Kier molecular flexibility index (Phi) is 4.81. The van der Waals surface area contributed by atoms with E-state index in [0.29, 0.717) is 23.7 Å². The van der Waals surface area contributed by atoms with Crippen LogP contribution in [0.2, 0.25) is 0 Å². The van der Waals surface area contributed by atoms with Gasteiger partial charge in [-0.25, -0.2) is 0 Å². The van der Waals surface area contributed by atoms with Gasteiger partial charge in [-0.2, -0.15) is 0 Å². The predicted molar refractivity (Wildman–Crippen MR) is 98.9 cm³/mol. The number of ether oxygens (including phenoxy) is 1. The standard InChI is InChI=1S/C22H34O2/c1-6-7-8-17-15-13-14-22(5)18(16(15)9-11-19(17)23)10-12-20(22)24-21(2,3)4/h6,16,18,20H,1,7-14H2,2-5H3/t16?,18?,20?,22-/m1/s1. The molecule has 2 nitrogen and oxygen atoms in total. The van der Waals surface area contributed by atoms with Crippen molar-refractivity contribution in [2.24, 2.45) is 17.3 Å². The molecule has 0 radical (unpaired) electrons. The number of carbonyl (C=O) groups is 1. The molecule has 24 heavy (non-hydrogen) atoms. The van der Waals surface area contributed by atoms with Gasteiger partial charge in [-0.3, -0.25) is 4.79 Å². The Morgan fingerprint density at radius 3 is 2.67 bits per heavy atom. The van der Waals surface area contributed by atoms with E-state index in [0.717, 1.165) is 37.7 Å². The van der Waals surface area contributed by atoms with E-state index < -0.39 is 0 Å². The van der Waals surface area contributed by atoms with Crippen molar-refractivity contribution >= 4 is 5.78 Å². The first-order valence-corrected chi connectivity index (χ1v) is 9.80. The zero-order valence-corrected chi connectivity index (χ0v) is 16.0. The molecule has 2 saturated carbocycles. The van der Waals surface area contributed by atoms with E-state index in [4.69, 9.17) is 4.74 Å². The highest BCUT2D eigenvalue weighted by molar-refractivity contribution is 5.97. The molecule has 3 aliphatic rings. The molecule has 4 atom stereocenters. The maximum atomic E-state index is 12.5. The van der Waals surface area contributed by atoms with E-state index in [1.54, 1.807) is 0 Å². The molecule has 2 fully saturated rings. The summed E-state index contributed by atoms with van der Waals surface area (Å²) in [6.07, 6.45) is 10.7. The van der Waals surface area contributed by atoms with Gasteiger partial charge >= 0.3 is 0 Å². The molecule has 0 amide bonds. The van der Waals surface area contributed by atoms with Gasteiger partial charge in [0.05, 0.1) is 11.7 Å². The van der Waals surface area contributed by atoms with E-state index in [-0.39, 0.29) is 11.0 Å². The van der Waals surface area contributed by atoms with Gasteiger partial charge < -0.3 is 4.74 Å². The molecule has 0 bridgehead atoms. The lowest BCUT2D eigenvalue weighted by Gasteiger charge is -2.49. The van der Waals surface area contributed by atoms with Gasteiger partial charge in [0.25, 0.3) is 0 Å². The third kappa shape index (κ3) is 3.14. The van der Waals surface area contributed by atoms with Crippen molar-refractivity contribution in [3.05, 3.63) is 23.8 Å². The van der Waals surface area contributed by atoms with Crippen LogP contribution in [0.15, 0.2) is 23.8 Å². The fourth-order valence-electron chi connectivity index (χ4n) is 5.60. The van der Waals surface area contributed by atoms with Gasteiger partial charge in [-0.15, -0.1) is 6.58 Å². The molecular weight excluding hydrogens is 296 g/mol. The largest absolute Gasteiger partial charge is 0.372 e. The lowest BCUT2D eigenvalue weighted by atomic mass is 9.58. The first-order valence-electron chi connectivity index (χ1n) is 9.80. The minimum Gasteiger partial charge on any atom is -0.372 e. The van der Waals surface area contributed by atoms with E-state index in [2.05, 4.69) is 34.3 Å². The van der Waals surface area contributed by atoms with Crippen LogP contribution in [0.25, 0.3) is 0 Å². The molecule has 0 N–H and O–H groups in total. The summed E-state index contributed by atoms with van der Waals surface area (Å²) in [5.41, 5.74) is 2.88. The van der Waals surface area contributed by atoms with Gasteiger partial charge in [0.15, 0.2) is 5.78 Å². The zero-order valence-electron chi connectivity index (χ0n) is 16.0. The summed E-state index contributed by atoms with van der Waals surface area (Å²) in [4.78, 5) is 12.5. The molecule has 0 spiro atoms. The van der Waals surface area contributed by atoms with Crippen LogP contribution in [0.4, 0.5) is 0 Å². The molecule has 0 aliphatic heterocycles. The Morgan fingerprint density at radius 2 is 2.00 bits per heavy atom. The molecule has 3 rings (SSSR count). The van der Waals surface area contributed by atoms with Gasteiger partial charge in [-0.05, 0) is 88.5 Å². The van der Waals surface area contributed by atoms with Crippen molar-refractivity contribution in [3.8, 4) is 0 Å². The monoisotopic (exact) mass is 330 g/mol. The van der Waals surface area contributed by atoms with Crippen LogP contribution in [-0.4, -0.2) is 17.5 Å². The van der Waals surface area contributed by atoms with Crippen molar-refractivity contribution in [1.29, 1.82) is 0 Å². The average Bonchev–Trinajstić information content (AvgIpc) is 2.81. The molecule has 3 unspecified atom stereocenters. The SMILES string of the molecule is C=CCCC1=C2CC[C@@]3(C)C(OC(C)(C)C)CCC3C2CCC1=O. The first kappa shape index (κ1) is 17.9. The van der Waals surface area contributed by atoms with E-state index in [9.17, 15) is 4.79 Å². The Morgan fingerprint density at radius 1 is 1.25 bits per heavy atom. The van der Waals surface area contributed by atoms with Crippen LogP contribution in [0.1, 0.15) is 79.1 Å². The summed E-state index contributed by atoms with van der Waals surface area (Å²) < 4.78 is 6.47. The third-order valence-electron chi connectivity index (χ3n) is 6.69. The molecular formula is C22H34O2. The maximum absolute atomic E-state index is 12.5. The van der Waals surface area contributed by atoms with Crippen LogP contribution in [0.5, 0.6) is 0 Å². The fraction of sp³-hybridized carbons (Fsp3) is 0.773. The van der Waals surface area contributed by atoms with E-state index in [1.807, 2.05) is 6.08 Å². The van der Waals surface area contributed by atoms with Gasteiger partial charge in [0, 0.05) is 6.42 Å². The van der Waals surface area contributed by atoms with Crippen LogP contribution < -0.4 is 0 Å². The predicted octanol–water partition coefficient (Wildman–Crippen LogP) is 5.62. The molecule has 134 valence electrons. The molecule has 0 heterocycles. The number of Topliss-reactive ketones (excluding diaryl/α,β-unsaturated/α-hetero) is 1. The summed E-state index contributed by atoms with van der Waals surface area (Å²) in [6, 6.07) is 0. The van der Waals surface area contributed by atoms with Crippen molar-refractivity contribution in [2.75, 3.05) is 0 Å². The molecule has 0 aromatic heterocycles. The topological polar surface area (TPSA) is 26.3 Å². The van der Waals surface area contributed by atoms with Gasteiger partial charge in [0.1, 0.15) is 0 Å². The van der Waals surface area contributed by atoms with E-state index >= 15 is 0 Å². The number of hydrogen-bond donors (Lipinski definition) is 0. The van der Waals surface area contributed by atoms with Crippen molar-refractivity contribution in [1.82, 2.24) is 0 Å². The Labute approximate surface area is 147 Å². The molecule has 2 heteroatoms. The van der Waals surface area contributed by atoms with Crippen molar-refractivity contribution in [2.45, 2.75) is 90.8 Å². The number of carbonyl (C=O) groups excluding carboxylic acids is 1. The summed E-state index contributed by atoms with van der Waals surface area (Å²) in [6.45, 7) is 12.8. The Bertz CT molecular complexity index is 551. The highest BCUT2D eigenvalue weighted by atomic mass is 16.5. The van der Waals surface area contributed by atoms with Crippen LogP contribution in [0.3, 0.4) is 0 Å². The lowest BCUT2D eigenvalue weighted by molar-refractivity contribution is -0.122. The second-order valence-electron chi connectivity index (χ2n) is 9.31. The average molecular weight is 331 g/mol. The van der Waals surface area contributed by atoms with Crippen molar-refractivity contribution < 1.29 is 9.53 Å². The van der Waals surface area contributed by atoms with Crippen LogP contribution in [0, 0.1) is 17.3 Å². The summed E-state index contributed by atoms with van der Waals surface area (Å²) in [7, 11) is 0. The smallest absolute Gasteiger partial charge is 0.158 e. The van der Waals surface area contributed by atoms with E-state index in [1.165, 1.54) is 24.8 Å². The highest BCUT2D eigenvalue weighted by Gasteiger charge is 2.54. The summed E-state index contributed by atoms with van der Waals surface area (Å²) in [5.74, 6) is 1.72. The van der Waals surface area contributed by atoms with Crippen LogP contribution in [-0.2, 0) is 9.53 Å². The second-order valence-corrected chi connectivity index (χ2v) is 9.31. The molecule has 0 aromatic carbocycles. The molecule has 0 aromatic rings. The number of fused-ring (bicyclic) bond motifs is 3. The number of ketones is 1. The summed E-state index contributed by atoms with van der Waals surface area (Å²) >= 11 is 0. The zero-order chi connectivity index (χ0) is 17.5. The lowest BCUT2D eigenvalue weighted by Crippen LogP contribution is -2.45. The maximum Gasteiger partial charge on any atom is 0.158 e. The minimum absolute atomic E-state index is 0.0731. The minimum atomic E-state index is -0.0731. The quantitative estimate of drug-likeness (QED) is 0.625. The molecule has 3 aliphatic carbocycles. The summed E-state index contributed by atoms with van der Waals surface area (Å²) in [5, 5.41) is 0. The normalized spacial score (nSPS) is 36.5. The Balaban J connectivity index is 1.86. The van der Waals surface area contributed by atoms with Gasteiger partial charge in [0.2, 0.25) is 0 Å². The third-order valence-corrected chi connectivity index (χ3v) is 6.69. The first-order chi connectivity index (χ1) is 11.3.